The van der Waals surface area contributed by atoms with Gasteiger partial charge in [0.15, 0.2) is 0 Å². The molecular weight excluding hydrogens is 288 g/mol. The highest BCUT2D eigenvalue weighted by Crippen LogP contribution is 2.20. The van der Waals surface area contributed by atoms with Gasteiger partial charge in [-0.15, -0.1) is 11.3 Å². The quantitative estimate of drug-likeness (QED) is 0.720. The van der Waals surface area contributed by atoms with Crippen molar-refractivity contribution in [3.05, 3.63) is 17.0 Å². The lowest BCUT2D eigenvalue weighted by Gasteiger charge is -2.05. The summed E-state index contributed by atoms with van der Waals surface area (Å²) in [5, 5.41) is 5.15. The third kappa shape index (κ3) is 5.27. The molecule has 7 heteroatoms. The SMILES string of the molecule is CSCCNS(=O)(=O)c1cc(CNC(C)C)cs1. The first-order chi connectivity index (χ1) is 8.45. The van der Waals surface area contributed by atoms with Crippen LogP contribution >= 0.6 is 23.1 Å². The van der Waals surface area contributed by atoms with Gasteiger partial charge in [0.2, 0.25) is 10.0 Å². The normalized spacial score (nSPS) is 12.2. The molecule has 1 heterocycles. The van der Waals surface area contributed by atoms with Crippen molar-refractivity contribution in [3.63, 3.8) is 0 Å². The maximum absolute atomic E-state index is 11.9. The lowest BCUT2D eigenvalue weighted by molar-refractivity contribution is 0.584. The molecule has 0 aromatic carbocycles. The van der Waals surface area contributed by atoms with E-state index in [1.54, 1.807) is 17.8 Å². The molecule has 0 amide bonds. The molecular formula is C11H20N2O2S3. The fraction of sp³-hybridized carbons (Fsp3) is 0.636. The average Bonchev–Trinajstić information content (AvgIpc) is 2.76. The van der Waals surface area contributed by atoms with Crippen LogP contribution < -0.4 is 10.0 Å². The molecule has 0 saturated heterocycles. The summed E-state index contributed by atoms with van der Waals surface area (Å²) in [6.45, 7) is 5.30. The van der Waals surface area contributed by atoms with Crippen LogP contribution in [0.3, 0.4) is 0 Å². The summed E-state index contributed by atoms with van der Waals surface area (Å²) in [5.41, 5.74) is 1.01. The Labute approximate surface area is 118 Å². The van der Waals surface area contributed by atoms with Crippen molar-refractivity contribution >= 4 is 33.1 Å². The van der Waals surface area contributed by atoms with Crippen molar-refractivity contribution in [1.29, 1.82) is 0 Å². The third-order valence-corrected chi connectivity index (χ3v) is 5.77. The Balaban J connectivity index is 2.60. The molecule has 0 fully saturated rings. The summed E-state index contributed by atoms with van der Waals surface area (Å²) in [6, 6.07) is 2.13. The van der Waals surface area contributed by atoms with Gasteiger partial charge < -0.3 is 5.32 Å². The maximum atomic E-state index is 11.9. The second-order valence-corrected chi connectivity index (χ2v) is 8.09. The van der Waals surface area contributed by atoms with Crippen LogP contribution in [-0.2, 0) is 16.6 Å². The van der Waals surface area contributed by atoms with E-state index in [2.05, 4.69) is 23.9 Å². The number of rotatable bonds is 8. The highest BCUT2D eigenvalue weighted by Gasteiger charge is 2.15. The molecule has 0 spiro atoms. The van der Waals surface area contributed by atoms with Gasteiger partial charge in [-0.3, -0.25) is 0 Å². The van der Waals surface area contributed by atoms with Gasteiger partial charge in [0, 0.05) is 24.9 Å². The van der Waals surface area contributed by atoms with E-state index in [0.29, 0.717) is 23.3 Å². The number of nitrogens with one attached hydrogen (secondary N) is 2. The molecule has 18 heavy (non-hydrogen) atoms. The van der Waals surface area contributed by atoms with Crippen LogP contribution in [-0.4, -0.2) is 33.0 Å². The largest absolute Gasteiger partial charge is 0.310 e. The van der Waals surface area contributed by atoms with E-state index in [9.17, 15) is 8.42 Å². The second-order valence-electron chi connectivity index (χ2n) is 4.20. The van der Waals surface area contributed by atoms with E-state index in [-0.39, 0.29) is 0 Å². The van der Waals surface area contributed by atoms with E-state index < -0.39 is 10.0 Å². The summed E-state index contributed by atoms with van der Waals surface area (Å²) in [6.07, 6.45) is 1.95. The minimum atomic E-state index is -3.32. The molecule has 0 saturated carbocycles. The molecule has 1 aromatic rings. The van der Waals surface area contributed by atoms with Gasteiger partial charge >= 0.3 is 0 Å². The molecule has 1 rings (SSSR count). The van der Waals surface area contributed by atoms with E-state index in [1.807, 2.05) is 11.6 Å². The molecule has 2 N–H and O–H groups in total. The van der Waals surface area contributed by atoms with E-state index in [0.717, 1.165) is 11.3 Å². The molecule has 1 aromatic heterocycles. The number of hydrogen-bond donors (Lipinski definition) is 2. The van der Waals surface area contributed by atoms with E-state index in [1.165, 1.54) is 11.3 Å². The number of thiophene rings is 1. The summed E-state index contributed by atoms with van der Waals surface area (Å²) in [7, 11) is -3.32. The fourth-order valence-corrected chi connectivity index (χ4v) is 3.98. The summed E-state index contributed by atoms with van der Waals surface area (Å²) in [4.78, 5) is 0. The minimum Gasteiger partial charge on any atom is -0.310 e. The van der Waals surface area contributed by atoms with Crippen molar-refractivity contribution in [2.45, 2.75) is 30.6 Å². The third-order valence-electron chi connectivity index (χ3n) is 2.21. The van der Waals surface area contributed by atoms with Crippen molar-refractivity contribution < 1.29 is 8.42 Å². The van der Waals surface area contributed by atoms with Gasteiger partial charge in [0.25, 0.3) is 0 Å². The fourth-order valence-electron chi connectivity index (χ4n) is 1.26. The van der Waals surface area contributed by atoms with Crippen molar-refractivity contribution in [1.82, 2.24) is 10.0 Å². The van der Waals surface area contributed by atoms with Gasteiger partial charge in [0.1, 0.15) is 4.21 Å². The Kier molecular flexibility index (Phi) is 6.65. The number of hydrogen-bond acceptors (Lipinski definition) is 5. The number of thioether (sulfide) groups is 1. The Bertz CT molecular complexity index is 455. The smallest absolute Gasteiger partial charge is 0.250 e. The van der Waals surface area contributed by atoms with Gasteiger partial charge in [-0.1, -0.05) is 13.8 Å². The summed E-state index contributed by atoms with van der Waals surface area (Å²) < 4.78 is 26.8. The lowest BCUT2D eigenvalue weighted by Crippen LogP contribution is -2.25. The standard InChI is InChI=1S/C11H20N2O2S3/c1-9(2)12-7-10-6-11(17-8-10)18(14,15)13-4-5-16-3/h6,8-9,12-13H,4-5,7H2,1-3H3. The zero-order valence-corrected chi connectivity index (χ0v) is 13.3. The summed E-state index contributed by atoms with van der Waals surface area (Å²) in [5.74, 6) is 0.784. The van der Waals surface area contributed by atoms with Crippen molar-refractivity contribution in [2.75, 3.05) is 18.6 Å². The minimum absolute atomic E-state index is 0.393. The van der Waals surface area contributed by atoms with Gasteiger partial charge in [0.05, 0.1) is 0 Å². The van der Waals surface area contributed by atoms with Gasteiger partial charge in [-0.05, 0) is 23.3 Å². The molecule has 0 aliphatic carbocycles. The lowest BCUT2D eigenvalue weighted by atomic mass is 10.3. The van der Waals surface area contributed by atoms with Gasteiger partial charge in [-0.25, -0.2) is 13.1 Å². The monoisotopic (exact) mass is 308 g/mol. The topological polar surface area (TPSA) is 58.2 Å². The maximum Gasteiger partial charge on any atom is 0.250 e. The van der Waals surface area contributed by atoms with Gasteiger partial charge in [-0.2, -0.15) is 11.8 Å². The molecule has 0 atom stereocenters. The molecule has 0 radical (unpaired) electrons. The second kappa shape index (κ2) is 7.49. The van der Waals surface area contributed by atoms with E-state index in [4.69, 9.17) is 0 Å². The first-order valence-electron chi connectivity index (χ1n) is 5.75. The van der Waals surface area contributed by atoms with Crippen LogP contribution in [0.4, 0.5) is 0 Å². The molecule has 0 unspecified atom stereocenters. The Morgan fingerprint density at radius 2 is 2.17 bits per heavy atom. The van der Waals surface area contributed by atoms with Crippen LogP contribution in [0.1, 0.15) is 19.4 Å². The predicted octanol–water partition coefficient (Wildman–Crippen LogP) is 1.89. The van der Waals surface area contributed by atoms with E-state index >= 15 is 0 Å². The van der Waals surface area contributed by atoms with Crippen molar-refractivity contribution in [2.24, 2.45) is 0 Å². The Morgan fingerprint density at radius 3 is 2.78 bits per heavy atom. The zero-order valence-electron chi connectivity index (χ0n) is 10.9. The van der Waals surface area contributed by atoms with Crippen LogP contribution in [0.2, 0.25) is 0 Å². The average molecular weight is 308 g/mol. The summed E-state index contributed by atoms with van der Waals surface area (Å²) >= 11 is 2.89. The zero-order chi connectivity index (χ0) is 13.6. The molecule has 104 valence electrons. The van der Waals surface area contributed by atoms with Crippen LogP contribution in [0.25, 0.3) is 0 Å². The first kappa shape index (κ1) is 16.0. The molecule has 0 bridgehead atoms. The van der Waals surface area contributed by atoms with Crippen LogP contribution in [0.15, 0.2) is 15.7 Å². The molecule has 0 aliphatic heterocycles. The Hall–Kier alpha value is -0.0800. The predicted molar refractivity (Wildman–Crippen MR) is 79.9 cm³/mol. The highest BCUT2D eigenvalue weighted by atomic mass is 32.2. The Morgan fingerprint density at radius 1 is 1.44 bits per heavy atom. The van der Waals surface area contributed by atoms with Crippen molar-refractivity contribution in [3.8, 4) is 0 Å². The number of sulfonamides is 1. The molecule has 0 aliphatic rings. The highest BCUT2D eigenvalue weighted by molar-refractivity contribution is 7.98. The van der Waals surface area contributed by atoms with Crippen LogP contribution in [0, 0.1) is 0 Å². The molecule has 4 nitrogen and oxygen atoms in total. The first-order valence-corrected chi connectivity index (χ1v) is 9.51. The van der Waals surface area contributed by atoms with Crippen LogP contribution in [0.5, 0.6) is 0 Å².